The van der Waals surface area contributed by atoms with Crippen LogP contribution in [0.15, 0.2) is 83.8 Å². The van der Waals surface area contributed by atoms with Crippen molar-refractivity contribution in [2.24, 2.45) is 0 Å². The number of carbonyl (C=O) groups excluding carboxylic acids is 2. The Bertz CT molecular complexity index is 1750. The summed E-state index contributed by atoms with van der Waals surface area (Å²) >= 11 is 0. The van der Waals surface area contributed by atoms with E-state index in [1.165, 1.54) is 17.0 Å². The molecule has 0 radical (unpaired) electrons. The van der Waals surface area contributed by atoms with Crippen molar-refractivity contribution in [1.82, 2.24) is 25.2 Å². The highest BCUT2D eigenvalue weighted by Crippen LogP contribution is 2.29. The Morgan fingerprint density at radius 3 is 2.76 bits per heavy atom. The molecular weight excluding hydrogens is 542 g/mol. The SMILES string of the molecule is Nc1noc2cc(CC(O)(CNC(=O)c3ccccc3O)[C@H]3OCCN(c4ccn(-c5ccncc5)n4)C3=O)ccc12. The maximum absolute atomic E-state index is 13.9. The number of nitrogens with one attached hydrogen (secondary N) is 1. The Morgan fingerprint density at radius 2 is 1.95 bits per heavy atom. The molecule has 2 atom stereocenters. The van der Waals surface area contributed by atoms with E-state index in [4.69, 9.17) is 15.0 Å². The summed E-state index contributed by atoms with van der Waals surface area (Å²) in [6, 6.07) is 16.4. The van der Waals surface area contributed by atoms with Gasteiger partial charge in [0.25, 0.3) is 11.8 Å². The third kappa shape index (κ3) is 5.13. The van der Waals surface area contributed by atoms with Crippen LogP contribution in [0.25, 0.3) is 16.7 Å². The fraction of sp³-hybridized carbons (Fsp3) is 0.207. The predicted molar refractivity (Wildman–Crippen MR) is 151 cm³/mol. The van der Waals surface area contributed by atoms with Gasteiger partial charge in [-0.1, -0.05) is 23.4 Å². The molecule has 5 N–H and O–H groups in total. The number of nitrogen functional groups attached to an aromatic ring is 1. The summed E-state index contributed by atoms with van der Waals surface area (Å²) in [5.41, 5.74) is 5.72. The number of para-hydroxylation sites is 1. The third-order valence-corrected chi connectivity index (χ3v) is 7.13. The summed E-state index contributed by atoms with van der Waals surface area (Å²) < 4.78 is 12.8. The average Bonchev–Trinajstić information content (AvgIpc) is 3.64. The van der Waals surface area contributed by atoms with Gasteiger partial charge in [-0.2, -0.15) is 0 Å². The van der Waals surface area contributed by atoms with Gasteiger partial charge < -0.3 is 30.5 Å². The number of aromatic nitrogens is 4. The molecule has 2 amide bonds. The zero-order valence-electron chi connectivity index (χ0n) is 22.3. The van der Waals surface area contributed by atoms with Crippen molar-refractivity contribution in [1.29, 1.82) is 0 Å². The first-order chi connectivity index (χ1) is 20.3. The van der Waals surface area contributed by atoms with Crippen LogP contribution in [0.2, 0.25) is 0 Å². The van der Waals surface area contributed by atoms with Crippen molar-refractivity contribution in [2.45, 2.75) is 18.1 Å². The number of nitrogens with two attached hydrogens (primary N) is 1. The maximum Gasteiger partial charge on any atom is 0.260 e. The number of aromatic hydroxyl groups is 1. The van der Waals surface area contributed by atoms with Gasteiger partial charge in [0.2, 0.25) is 0 Å². The molecule has 1 unspecified atom stereocenters. The number of benzene rings is 2. The van der Waals surface area contributed by atoms with Crippen LogP contribution in [0, 0.1) is 0 Å². The van der Waals surface area contributed by atoms with E-state index in [-0.39, 0.29) is 43.2 Å². The number of fused-ring (bicyclic) bond motifs is 1. The fourth-order valence-electron chi connectivity index (χ4n) is 5.00. The Balaban J connectivity index is 1.30. The molecule has 0 bridgehead atoms. The number of aliphatic hydroxyl groups is 1. The van der Waals surface area contributed by atoms with Gasteiger partial charge in [-0.05, 0) is 42.0 Å². The number of nitrogens with zero attached hydrogens (tertiary/aromatic N) is 5. The van der Waals surface area contributed by atoms with Gasteiger partial charge in [-0.3, -0.25) is 19.5 Å². The number of morpholine rings is 1. The van der Waals surface area contributed by atoms with E-state index >= 15 is 0 Å². The topological polar surface area (TPSA) is 182 Å². The normalized spacial score (nSPS) is 16.8. The smallest absolute Gasteiger partial charge is 0.260 e. The standard InChI is InChI=1S/C29H27N7O6/c30-26-21-6-5-18(15-23(21)42-34-26)16-29(40,17-32-27(38)20-3-1-2-4-22(20)37)25-28(39)35(13-14-41-25)24-9-12-36(33-24)19-7-10-31-11-8-19/h1-12,15,25,37,40H,13-14,16-17H2,(H2,30,34)(H,32,38)/t25-,29?/m0/s1. The quantitative estimate of drug-likeness (QED) is 0.215. The molecule has 0 spiro atoms. The van der Waals surface area contributed by atoms with Crippen molar-refractivity contribution < 1.29 is 29.1 Å². The van der Waals surface area contributed by atoms with Crippen LogP contribution < -0.4 is 16.0 Å². The highest BCUT2D eigenvalue weighted by molar-refractivity contribution is 5.98. The van der Waals surface area contributed by atoms with Crippen LogP contribution in [0.5, 0.6) is 5.75 Å². The minimum Gasteiger partial charge on any atom is -0.507 e. The van der Waals surface area contributed by atoms with E-state index in [9.17, 15) is 19.8 Å². The van der Waals surface area contributed by atoms with Gasteiger partial charge in [0.1, 0.15) is 11.4 Å². The first-order valence-electron chi connectivity index (χ1n) is 13.1. The molecule has 13 heteroatoms. The number of hydrogen-bond donors (Lipinski definition) is 4. The number of phenols is 1. The van der Waals surface area contributed by atoms with E-state index < -0.39 is 23.5 Å². The highest BCUT2D eigenvalue weighted by Gasteiger charge is 2.47. The second-order valence-corrected chi connectivity index (χ2v) is 9.94. The van der Waals surface area contributed by atoms with E-state index in [1.54, 1.807) is 71.8 Å². The van der Waals surface area contributed by atoms with E-state index in [2.05, 4.69) is 20.6 Å². The molecule has 13 nitrogen and oxygen atoms in total. The third-order valence-electron chi connectivity index (χ3n) is 7.13. The number of carbonyl (C=O) groups is 2. The van der Waals surface area contributed by atoms with Crippen molar-refractivity contribution in [3.05, 3.63) is 90.4 Å². The van der Waals surface area contributed by atoms with Crippen molar-refractivity contribution >= 4 is 34.4 Å². The number of phenolic OH excluding ortho intramolecular Hbond substituents is 1. The number of amides is 2. The molecule has 1 aliphatic rings. The predicted octanol–water partition coefficient (Wildman–Crippen LogP) is 1.83. The number of hydrogen-bond acceptors (Lipinski definition) is 10. The molecule has 1 fully saturated rings. The largest absolute Gasteiger partial charge is 0.507 e. The molecule has 5 aromatic rings. The van der Waals surface area contributed by atoms with E-state index in [0.717, 1.165) is 5.69 Å². The average molecular weight is 570 g/mol. The van der Waals surface area contributed by atoms with E-state index in [0.29, 0.717) is 22.4 Å². The summed E-state index contributed by atoms with van der Waals surface area (Å²) in [5.74, 6) is -0.752. The van der Waals surface area contributed by atoms with Crippen LogP contribution in [0.1, 0.15) is 15.9 Å². The minimum absolute atomic E-state index is 0.0255. The van der Waals surface area contributed by atoms with Crippen LogP contribution in [0.4, 0.5) is 11.6 Å². The highest BCUT2D eigenvalue weighted by atomic mass is 16.5. The van der Waals surface area contributed by atoms with Crippen LogP contribution in [-0.4, -0.2) is 73.3 Å². The summed E-state index contributed by atoms with van der Waals surface area (Å²) in [4.78, 5) is 32.3. The summed E-state index contributed by atoms with van der Waals surface area (Å²) in [5, 5.41) is 33.8. The number of pyridine rings is 1. The zero-order chi connectivity index (χ0) is 29.3. The van der Waals surface area contributed by atoms with Gasteiger partial charge >= 0.3 is 0 Å². The lowest BCUT2D eigenvalue weighted by Gasteiger charge is -2.40. The monoisotopic (exact) mass is 569 g/mol. The molecule has 4 heterocycles. The summed E-state index contributed by atoms with van der Waals surface area (Å²) in [6.45, 7) is -0.0370. The fourth-order valence-corrected chi connectivity index (χ4v) is 5.00. The molecule has 1 saturated heterocycles. The van der Waals surface area contributed by atoms with Crippen LogP contribution in [-0.2, 0) is 16.0 Å². The van der Waals surface area contributed by atoms with E-state index in [1.807, 2.05) is 0 Å². The molecule has 42 heavy (non-hydrogen) atoms. The van der Waals surface area contributed by atoms with Gasteiger partial charge in [0.05, 0.1) is 36.3 Å². The number of rotatable bonds is 8. The van der Waals surface area contributed by atoms with Gasteiger partial charge in [0.15, 0.2) is 23.3 Å². The van der Waals surface area contributed by atoms with Crippen molar-refractivity contribution in [2.75, 3.05) is 30.3 Å². The van der Waals surface area contributed by atoms with Crippen LogP contribution >= 0.6 is 0 Å². The van der Waals surface area contributed by atoms with Crippen LogP contribution in [0.3, 0.4) is 0 Å². The second-order valence-electron chi connectivity index (χ2n) is 9.94. The lowest BCUT2D eigenvalue weighted by Crippen LogP contribution is -2.63. The number of ether oxygens (including phenoxy) is 1. The summed E-state index contributed by atoms with van der Waals surface area (Å²) in [6.07, 6.45) is 3.54. The Hall–Kier alpha value is -5.27. The summed E-state index contributed by atoms with van der Waals surface area (Å²) in [7, 11) is 0. The lowest BCUT2D eigenvalue weighted by atomic mass is 9.86. The Morgan fingerprint density at radius 1 is 1.14 bits per heavy atom. The first kappa shape index (κ1) is 26.9. The first-order valence-corrected chi connectivity index (χ1v) is 13.1. The molecule has 6 rings (SSSR count). The van der Waals surface area contributed by atoms with Crippen molar-refractivity contribution in [3.8, 4) is 11.4 Å². The Labute approximate surface area is 239 Å². The molecular formula is C29H27N7O6. The molecule has 3 aromatic heterocycles. The number of anilines is 2. The maximum atomic E-state index is 13.9. The van der Waals surface area contributed by atoms with Gasteiger partial charge in [-0.25, -0.2) is 4.68 Å². The second kappa shape index (κ2) is 11.0. The molecule has 0 aliphatic carbocycles. The molecule has 214 valence electrons. The molecule has 2 aromatic carbocycles. The minimum atomic E-state index is -1.91. The van der Waals surface area contributed by atoms with Gasteiger partial charge in [-0.15, -0.1) is 5.10 Å². The van der Waals surface area contributed by atoms with Crippen molar-refractivity contribution in [3.63, 3.8) is 0 Å². The molecule has 0 saturated carbocycles. The zero-order valence-corrected chi connectivity index (χ0v) is 22.3. The van der Waals surface area contributed by atoms with Gasteiger partial charge in [0, 0.05) is 31.1 Å². The molecule has 1 aliphatic heterocycles. The Kier molecular flexibility index (Phi) is 7.02. The lowest BCUT2D eigenvalue weighted by molar-refractivity contribution is -0.157.